The summed E-state index contributed by atoms with van der Waals surface area (Å²) in [7, 11) is 0. The van der Waals surface area contributed by atoms with Gasteiger partial charge in [-0.05, 0) is 44.0 Å². The van der Waals surface area contributed by atoms with Crippen LogP contribution in [0.2, 0.25) is 0 Å². The van der Waals surface area contributed by atoms with Gasteiger partial charge in [-0.15, -0.1) is 0 Å². The van der Waals surface area contributed by atoms with Crippen molar-refractivity contribution in [2.45, 2.75) is 45.4 Å². The lowest BCUT2D eigenvalue weighted by molar-refractivity contribution is 0.0733. The van der Waals surface area contributed by atoms with Crippen LogP contribution < -0.4 is 5.32 Å². The van der Waals surface area contributed by atoms with E-state index in [1.54, 1.807) is 0 Å². The van der Waals surface area contributed by atoms with Gasteiger partial charge in [-0.2, -0.15) is 0 Å². The number of nitrogens with one attached hydrogen (secondary N) is 1. The molecule has 27 heavy (non-hydrogen) atoms. The van der Waals surface area contributed by atoms with Crippen LogP contribution in [0.5, 0.6) is 0 Å². The first kappa shape index (κ1) is 18.1. The Morgan fingerprint density at radius 2 is 2.19 bits per heavy atom. The predicted octanol–water partition coefficient (Wildman–Crippen LogP) is 2.64. The number of fused-ring (bicyclic) bond motifs is 1. The highest BCUT2D eigenvalue weighted by atomic mass is 16.5. The summed E-state index contributed by atoms with van der Waals surface area (Å²) in [5.74, 6) is 0.959. The van der Waals surface area contributed by atoms with Crippen molar-refractivity contribution in [1.29, 1.82) is 0 Å². The topological polar surface area (TPSA) is 67.3 Å². The molecule has 1 amide bonds. The minimum Gasteiger partial charge on any atom is -0.377 e. The molecule has 0 radical (unpaired) electrons. The Hall–Kier alpha value is -2.31. The van der Waals surface area contributed by atoms with E-state index in [9.17, 15) is 4.79 Å². The molecule has 0 aliphatic carbocycles. The third-order valence-corrected chi connectivity index (χ3v) is 5.29. The molecule has 1 saturated heterocycles. The van der Waals surface area contributed by atoms with Crippen LogP contribution >= 0.6 is 0 Å². The number of rotatable bonds is 5. The average molecular weight is 366 g/mol. The van der Waals surface area contributed by atoms with Crippen LogP contribution in [0.1, 0.15) is 58.8 Å². The van der Waals surface area contributed by atoms with Crippen molar-refractivity contribution in [2.24, 2.45) is 0 Å². The summed E-state index contributed by atoms with van der Waals surface area (Å²) in [4.78, 5) is 24.1. The monoisotopic (exact) mass is 366 g/mol. The Balaban J connectivity index is 1.43. The van der Waals surface area contributed by atoms with Gasteiger partial charge >= 0.3 is 0 Å². The number of carbonyl (C=O) groups excluding carboxylic acids is 1. The first-order chi connectivity index (χ1) is 13.2. The largest absolute Gasteiger partial charge is 0.377 e. The quantitative estimate of drug-likeness (QED) is 0.881. The lowest BCUT2D eigenvalue weighted by Crippen LogP contribution is -2.36. The fourth-order valence-electron chi connectivity index (χ4n) is 3.72. The molecule has 2 aliphatic rings. The number of ether oxygens (including phenoxy) is 1. The summed E-state index contributed by atoms with van der Waals surface area (Å²) in [6, 6.07) is 7.98. The molecule has 3 heterocycles. The fourth-order valence-corrected chi connectivity index (χ4v) is 3.72. The summed E-state index contributed by atoms with van der Waals surface area (Å²) in [6.45, 7) is 5.56. The van der Waals surface area contributed by atoms with Crippen LogP contribution in [0.3, 0.4) is 0 Å². The zero-order valence-corrected chi connectivity index (χ0v) is 15.8. The zero-order chi connectivity index (χ0) is 18.6. The van der Waals surface area contributed by atoms with E-state index >= 15 is 0 Å². The van der Waals surface area contributed by atoms with Crippen molar-refractivity contribution < 1.29 is 9.53 Å². The van der Waals surface area contributed by atoms with E-state index in [0.29, 0.717) is 31.9 Å². The second-order valence-corrected chi connectivity index (χ2v) is 7.16. The number of aromatic nitrogens is 2. The molecule has 4 rings (SSSR count). The van der Waals surface area contributed by atoms with Crippen molar-refractivity contribution in [3.8, 4) is 0 Å². The summed E-state index contributed by atoms with van der Waals surface area (Å²) in [6.07, 6.45) is 4.97. The van der Waals surface area contributed by atoms with Gasteiger partial charge in [0.15, 0.2) is 0 Å². The van der Waals surface area contributed by atoms with Crippen molar-refractivity contribution in [3.05, 3.63) is 58.7 Å². The molecule has 0 bridgehead atoms. The number of benzene rings is 1. The number of amides is 1. The fraction of sp³-hybridized carbons (Fsp3) is 0.476. The van der Waals surface area contributed by atoms with Gasteiger partial charge in [0.25, 0.3) is 5.91 Å². The summed E-state index contributed by atoms with van der Waals surface area (Å²) in [5.41, 5.74) is 3.94. The maximum Gasteiger partial charge on any atom is 0.254 e. The molecule has 6 heteroatoms. The predicted molar refractivity (Wildman–Crippen MR) is 102 cm³/mol. The van der Waals surface area contributed by atoms with E-state index in [4.69, 9.17) is 9.72 Å². The first-order valence-corrected chi connectivity index (χ1v) is 9.78. The van der Waals surface area contributed by atoms with Crippen LogP contribution in [0.25, 0.3) is 0 Å². The van der Waals surface area contributed by atoms with Gasteiger partial charge in [-0.3, -0.25) is 4.79 Å². The number of carbonyl (C=O) groups is 1. The van der Waals surface area contributed by atoms with E-state index in [1.165, 1.54) is 6.42 Å². The summed E-state index contributed by atoms with van der Waals surface area (Å²) >= 11 is 0. The van der Waals surface area contributed by atoms with Gasteiger partial charge in [0, 0.05) is 43.4 Å². The maximum absolute atomic E-state index is 12.9. The minimum absolute atomic E-state index is 0.0603. The second-order valence-electron chi connectivity index (χ2n) is 7.16. The molecule has 1 N–H and O–H groups in total. The van der Waals surface area contributed by atoms with Crippen molar-refractivity contribution in [1.82, 2.24) is 20.2 Å². The number of nitrogens with zero attached hydrogens (tertiary/aromatic N) is 3. The Bertz CT molecular complexity index is 800. The average Bonchev–Trinajstić information content (AvgIpc) is 3.26. The third kappa shape index (κ3) is 4.01. The number of hydrogen-bond acceptors (Lipinski definition) is 5. The second kappa shape index (κ2) is 8.15. The minimum atomic E-state index is 0.0603. The molecule has 1 aromatic carbocycles. The van der Waals surface area contributed by atoms with Gasteiger partial charge < -0.3 is 15.0 Å². The molecular weight excluding hydrogens is 340 g/mol. The lowest BCUT2D eigenvalue weighted by Gasteiger charge is -2.28. The molecular formula is C21H26N4O2. The van der Waals surface area contributed by atoms with E-state index in [-0.39, 0.29) is 11.9 Å². The van der Waals surface area contributed by atoms with E-state index < -0.39 is 0 Å². The van der Waals surface area contributed by atoms with Crippen LogP contribution in [-0.2, 0) is 24.3 Å². The van der Waals surface area contributed by atoms with E-state index in [1.807, 2.05) is 42.3 Å². The highest BCUT2D eigenvalue weighted by Crippen LogP contribution is 2.24. The van der Waals surface area contributed by atoms with Crippen LogP contribution in [0.4, 0.5) is 0 Å². The van der Waals surface area contributed by atoms with Crippen LogP contribution in [0, 0.1) is 0 Å². The third-order valence-electron chi connectivity index (χ3n) is 5.29. The van der Waals surface area contributed by atoms with Crippen molar-refractivity contribution in [3.63, 3.8) is 0 Å². The summed E-state index contributed by atoms with van der Waals surface area (Å²) in [5, 5.41) is 3.45. The molecule has 1 fully saturated rings. The molecule has 2 aliphatic heterocycles. The summed E-state index contributed by atoms with van der Waals surface area (Å²) < 4.78 is 5.41. The van der Waals surface area contributed by atoms with Crippen molar-refractivity contribution in [2.75, 3.05) is 19.7 Å². The SMILES string of the molecule is CCOCc1ccc(C(=O)N2CCc3nc([C@H]4CCCN4)ncc3C2)cc1. The molecule has 0 unspecified atom stereocenters. The molecule has 0 spiro atoms. The molecule has 1 aromatic heterocycles. The zero-order valence-electron chi connectivity index (χ0n) is 15.8. The molecule has 2 aromatic rings. The van der Waals surface area contributed by atoms with Crippen molar-refractivity contribution >= 4 is 5.91 Å². The normalized spacial score (nSPS) is 19.1. The van der Waals surface area contributed by atoms with Gasteiger partial charge in [0.2, 0.25) is 0 Å². The Kier molecular flexibility index (Phi) is 5.45. The standard InChI is InChI=1S/C21H26N4O2/c1-2-27-14-15-5-7-16(8-6-15)21(26)25-11-9-18-17(13-25)12-23-20(24-18)19-4-3-10-22-19/h5-8,12,19,22H,2-4,9-11,13-14H2,1H3/t19-/m1/s1. The molecule has 0 saturated carbocycles. The Morgan fingerprint density at radius 3 is 2.93 bits per heavy atom. The van der Waals surface area contributed by atoms with Gasteiger partial charge in [0.05, 0.1) is 18.3 Å². The Labute approximate surface area is 160 Å². The van der Waals surface area contributed by atoms with Gasteiger partial charge in [0.1, 0.15) is 5.82 Å². The molecule has 6 nitrogen and oxygen atoms in total. The number of hydrogen-bond donors (Lipinski definition) is 1. The van der Waals surface area contributed by atoms with E-state index in [0.717, 1.165) is 42.0 Å². The molecule has 1 atom stereocenters. The highest BCUT2D eigenvalue weighted by molar-refractivity contribution is 5.94. The van der Waals surface area contributed by atoms with Crippen LogP contribution in [-0.4, -0.2) is 40.5 Å². The van der Waals surface area contributed by atoms with Gasteiger partial charge in [-0.1, -0.05) is 12.1 Å². The lowest BCUT2D eigenvalue weighted by atomic mass is 10.0. The van der Waals surface area contributed by atoms with Gasteiger partial charge in [-0.25, -0.2) is 9.97 Å². The Morgan fingerprint density at radius 1 is 1.33 bits per heavy atom. The highest BCUT2D eigenvalue weighted by Gasteiger charge is 2.25. The molecule has 142 valence electrons. The maximum atomic E-state index is 12.9. The smallest absolute Gasteiger partial charge is 0.254 e. The van der Waals surface area contributed by atoms with Crippen LogP contribution in [0.15, 0.2) is 30.5 Å². The van der Waals surface area contributed by atoms with E-state index in [2.05, 4.69) is 10.3 Å². The first-order valence-electron chi connectivity index (χ1n) is 9.78.